The van der Waals surface area contributed by atoms with Crippen molar-refractivity contribution in [3.63, 3.8) is 0 Å². The van der Waals surface area contributed by atoms with Crippen molar-refractivity contribution in [2.24, 2.45) is 5.10 Å². The van der Waals surface area contributed by atoms with Crippen LogP contribution in [0.4, 0.5) is 0 Å². The fourth-order valence-electron chi connectivity index (χ4n) is 2.52. The molecule has 3 rings (SSSR count). The van der Waals surface area contributed by atoms with Crippen molar-refractivity contribution in [2.75, 3.05) is 33.2 Å². The number of thiocarbonyl (C=S) groups is 1. The normalized spacial score (nSPS) is 15.9. The van der Waals surface area contributed by atoms with Crippen LogP contribution < -0.4 is 5.43 Å². The van der Waals surface area contributed by atoms with Crippen molar-refractivity contribution < 1.29 is 0 Å². The zero-order valence-corrected chi connectivity index (χ0v) is 15.5. The highest BCUT2D eigenvalue weighted by atomic mass is 35.5. The number of hydrogen-bond donors (Lipinski definition) is 1. The lowest BCUT2D eigenvalue weighted by Crippen LogP contribution is -2.49. The number of hydrazone groups is 1. The van der Waals surface area contributed by atoms with E-state index in [4.69, 9.17) is 23.8 Å². The number of rotatable bonds is 3. The topological polar surface area (TPSA) is 56.6 Å². The molecule has 0 aliphatic carbocycles. The molecule has 0 radical (unpaired) electrons. The van der Waals surface area contributed by atoms with Gasteiger partial charge in [-0.25, -0.2) is 0 Å². The number of halogens is 1. The average Bonchev–Trinajstić information content (AvgIpc) is 2.64. The number of likely N-dealkylation sites (N-methyl/N-ethyl adjacent to an activating group) is 1. The number of aromatic nitrogens is 2. The highest BCUT2D eigenvalue weighted by molar-refractivity contribution is 7.80. The number of hydrogen-bond acceptors (Lipinski definition) is 5. The second-order valence-corrected chi connectivity index (χ2v) is 6.63. The highest BCUT2D eigenvalue weighted by Gasteiger charge is 2.16. The van der Waals surface area contributed by atoms with Crippen LogP contribution in [-0.4, -0.2) is 64.0 Å². The smallest absolute Gasteiger partial charge is 0.189 e. The molecule has 0 bridgehead atoms. The summed E-state index contributed by atoms with van der Waals surface area (Å²) in [5, 5.41) is 13.6. The summed E-state index contributed by atoms with van der Waals surface area (Å²) in [6, 6.07) is 9.37. The first-order valence-corrected chi connectivity index (χ1v) is 8.76. The van der Waals surface area contributed by atoms with Crippen LogP contribution in [0.3, 0.4) is 0 Å². The molecule has 1 aromatic carbocycles. The van der Waals surface area contributed by atoms with E-state index in [1.54, 1.807) is 12.4 Å². The molecular weight excluding hydrogens is 356 g/mol. The van der Waals surface area contributed by atoms with Crippen LogP contribution in [0.5, 0.6) is 0 Å². The van der Waals surface area contributed by atoms with Gasteiger partial charge in [0.05, 0.1) is 18.1 Å². The molecule has 6 nitrogen and oxygen atoms in total. The minimum absolute atomic E-state index is 0.626. The van der Waals surface area contributed by atoms with Crippen LogP contribution in [0.25, 0.3) is 0 Å². The highest BCUT2D eigenvalue weighted by Crippen LogP contribution is 2.14. The van der Waals surface area contributed by atoms with Crippen molar-refractivity contribution in [3.05, 3.63) is 58.9 Å². The Bertz CT molecular complexity index is 741. The van der Waals surface area contributed by atoms with E-state index in [9.17, 15) is 0 Å². The number of benzene rings is 1. The Morgan fingerprint density at radius 3 is 2.44 bits per heavy atom. The molecule has 1 aliphatic heterocycles. The summed E-state index contributed by atoms with van der Waals surface area (Å²) in [6.45, 7) is 3.77. The van der Waals surface area contributed by atoms with Gasteiger partial charge in [-0.05, 0) is 37.5 Å². The molecular formula is C17H19ClN6S. The fraction of sp³-hybridized carbons (Fsp3) is 0.294. The molecule has 130 valence electrons. The zero-order chi connectivity index (χ0) is 17.6. The van der Waals surface area contributed by atoms with Gasteiger partial charge < -0.3 is 9.80 Å². The van der Waals surface area contributed by atoms with Crippen LogP contribution in [-0.2, 0) is 0 Å². The number of nitrogens with one attached hydrogen (secondary N) is 1. The SMILES string of the molecule is CN1CCN(C(=S)N/N=C(/c2ccc(Cl)cc2)c2ccnnc2)CC1. The zero-order valence-electron chi connectivity index (χ0n) is 13.9. The van der Waals surface area contributed by atoms with Crippen molar-refractivity contribution in [3.8, 4) is 0 Å². The summed E-state index contributed by atoms with van der Waals surface area (Å²) in [5.41, 5.74) is 5.54. The van der Waals surface area contributed by atoms with Crippen molar-refractivity contribution in [2.45, 2.75) is 0 Å². The van der Waals surface area contributed by atoms with E-state index in [0.717, 1.165) is 43.0 Å². The molecule has 0 amide bonds. The van der Waals surface area contributed by atoms with Crippen molar-refractivity contribution >= 4 is 34.6 Å². The van der Waals surface area contributed by atoms with Gasteiger partial charge >= 0.3 is 0 Å². The third-order valence-corrected chi connectivity index (χ3v) is 4.63. The summed E-state index contributed by atoms with van der Waals surface area (Å²) in [7, 11) is 2.11. The summed E-state index contributed by atoms with van der Waals surface area (Å²) in [5.74, 6) is 0. The maximum absolute atomic E-state index is 5.99. The molecule has 2 heterocycles. The van der Waals surface area contributed by atoms with Gasteiger partial charge in [0.15, 0.2) is 5.11 Å². The first kappa shape index (κ1) is 17.7. The van der Waals surface area contributed by atoms with E-state index in [0.29, 0.717) is 10.1 Å². The molecule has 0 spiro atoms. The van der Waals surface area contributed by atoms with Gasteiger partial charge in [0.25, 0.3) is 0 Å². The van der Waals surface area contributed by atoms with Crippen LogP contribution >= 0.6 is 23.8 Å². The molecule has 25 heavy (non-hydrogen) atoms. The second kappa shape index (κ2) is 8.33. The number of piperazine rings is 1. The molecule has 2 aromatic rings. The van der Waals surface area contributed by atoms with Crippen LogP contribution in [0.15, 0.2) is 47.8 Å². The Labute approximate surface area is 157 Å². The fourth-order valence-corrected chi connectivity index (χ4v) is 2.87. The van der Waals surface area contributed by atoms with Gasteiger partial charge in [0.2, 0.25) is 0 Å². The Hall–Kier alpha value is -2.09. The molecule has 1 aromatic heterocycles. The Kier molecular flexibility index (Phi) is 5.91. The maximum Gasteiger partial charge on any atom is 0.189 e. The summed E-state index contributed by atoms with van der Waals surface area (Å²) in [6.07, 6.45) is 3.31. The predicted octanol–water partition coefficient (Wildman–Crippen LogP) is 2.00. The molecule has 1 fully saturated rings. The van der Waals surface area contributed by atoms with Crippen molar-refractivity contribution in [1.29, 1.82) is 0 Å². The monoisotopic (exact) mass is 374 g/mol. The summed E-state index contributed by atoms with van der Waals surface area (Å²) < 4.78 is 0. The summed E-state index contributed by atoms with van der Waals surface area (Å²) >= 11 is 11.5. The first-order valence-electron chi connectivity index (χ1n) is 7.97. The lowest BCUT2D eigenvalue weighted by molar-refractivity contribution is 0.214. The molecule has 1 saturated heterocycles. The standard InChI is InChI=1S/C17H19ClN6S/c1-23-8-10-24(11-9-23)17(25)22-21-16(14-6-7-19-20-12-14)13-2-4-15(18)5-3-13/h2-7,12H,8-11H2,1H3,(H,22,25)/b21-16-. The molecule has 0 atom stereocenters. The van der Waals surface area contributed by atoms with Crippen LogP contribution in [0.2, 0.25) is 5.02 Å². The first-order chi connectivity index (χ1) is 12.1. The minimum Gasteiger partial charge on any atom is -0.345 e. The van der Waals surface area contributed by atoms with E-state index < -0.39 is 0 Å². The van der Waals surface area contributed by atoms with Crippen molar-refractivity contribution in [1.82, 2.24) is 25.4 Å². The van der Waals surface area contributed by atoms with E-state index in [1.807, 2.05) is 30.3 Å². The average molecular weight is 375 g/mol. The van der Waals surface area contributed by atoms with E-state index in [1.165, 1.54) is 0 Å². The van der Waals surface area contributed by atoms with Gasteiger partial charge in [-0.1, -0.05) is 23.7 Å². The Balaban J connectivity index is 1.80. The van der Waals surface area contributed by atoms with Gasteiger partial charge in [-0.2, -0.15) is 15.3 Å². The largest absolute Gasteiger partial charge is 0.345 e. The van der Waals surface area contributed by atoms with E-state index in [2.05, 4.69) is 37.6 Å². The lowest BCUT2D eigenvalue weighted by Gasteiger charge is -2.33. The molecule has 0 unspecified atom stereocenters. The minimum atomic E-state index is 0.626. The quantitative estimate of drug-likeness (QED) is 0.504. The predicted molar refractivity (Wildman–Crippen MR) is 104 cm³/mol. The molecule has 1 aliphatic rings. The molecule has 8 heteroatoms. The third kappa shape index (κ3) is 4.72. The Morgan fingerprint density at radius 1 is 1.08 bits per heavy atom. The lowest BCUT2D eigenvalue weighted by atomic mass is 10.0. The second-order valence-electron chi connectivity index (χ2n) is 5.81. The van der Waals surface area contributed by atoms with E-state index in [-0.39, 0.29) is 0 Å². The van der Waals surface area contributed by atoms with E-state index >= 15 is 0 Å². The maximum atomic E-state index is 5.99. The van der Waals surface area contributed by atoms with Gasteiger partial charge in [0.1, 0.15) is 0 Å². The number of nitrogens with zero attached hydrogens (tertiary/aromatic N) is 5. The van der Waals surface area contributed by atoms with Gasteiger partial charge in [-0.3, -0.25) is 5.43 Å². The third-order valence-electron chi connectivity index (χ3n) is 4.03. The van der Waals surface area contributed by atoms with Crippen LogP contribution in [0.1, 0.15) is 11.1 Å². The van der Waals surface area contributed by atoms with Gasteiger partial charge in [0, 0.05) is 42.3 Å². The van der Waals surface area contributed by atoms with Gasteiger partial charge in [-0.15, -0.1) is 0 Å². The van der Waals surface area contributed by atoms with Crippen LogP contribution in [0, 0.1) is 0 Å². The summed E-state index contributed by atoms with van der Waals surface area (Å²) in [4.78, 5) is 4.41. The molecule has 0 saturated carbocycles. The molecule has 1 N–H and O–H groups in total. The Morgan fingerprint density at radius 2 is 1.80 bits per heavy atom.